The van der Waals surface area contributed by atoms with Gasteiger partial charge in [-0.15, -0.1) is 0 Å². The Bertz CT molecular complexity index is 1440. The summed E-state index contributed by atoms with van der Waals surface area (Å²) in [6.45, 7) is 5.45. The van der Waals surface area contributed by atoms with Gasteiger partial charge in [0.15, 0.2) is 5.76 Å². The number of aryl methyl sites for hydroxylation is 1. The van der Waals surface area contributed by atoms with E-state index in [2.05, 4.69) is 80.1 Å². The number of methoxy groups -OCH3 is 1. The minimum atomic E-state index is -0.874. The van der Waals surface area contributed by atoms with Crippen LogP contribution < -0.4 is 4.74 Å². The number of pyridine rings is 1. The number of likely N-dealkylation sites (N-methyl/N-ethyl adjacent to an activating group) is 1. The first-order chi connectivity index (χ1) is 19.5. The largest absolute Gasteiger partial charge is 0.514 e. The van der Waals surface area contributed by atoms with E-state index in [9.17, 15) is 9.59 Å². The van der Waals surface area contributed by atoms with Crippen LogP contribution >= 0.6 is 0 Å². The Hall–Kier alpha value is -4.34. The van der Waals surface area contributed by atoms with E-state index >= 15 is 0 Å². The third-order valence-corrected chi connectivity index (χ3v) is 6.96. The number of nitrogens with zero attached hydrogens (tertiary/aromatic N) is 4. The maximum absolute atomic E-state index is 12.7. The van der Waals surface area contributed by atoms with Crippen LogP contribution in [0.1, 0.15) is 28.2 Å². The lowest BCUT2D eigenvalue weighted by atomic mass is 10.0. The van der Waals surface area contributed by atoms with Crippen LogP contribution in [0.25, 0.3) is 22.6 Å². The van der Waals surface area contributed by atoms with Crippen molar-refractivity contribution in [2.75, 3.05) is 40.3 Å². The maximum atomic E-state index is 12.7. The minimum absolute atomic E-state index is 0.0179. The van der Waals surface area contributed by atoms with Gasteiger partial charge in [0.2, 0.25) is 11.7 Å². The van der Waals surface area contributed by atoms with Gasteiger partial charge in [0, 0.05) is 45.2 Å². The first-order valence-electron chi connectivity index (χ1n) is 13.3. The third-order valence-electron chi connectivity index (χ3n) is 6.96. The number of carbonyl (C=O) groups is 2. The normalized spacial score (nSPS) is 14.2. The van der Waals surface area contributed by atoms with Gasteiger partial charge >= 0.3 is 6.16 Å². The fourth-order valence-electron chi connectivity index (χ4n) is 4.55. The highest BCUT2D eigenvalue weighted by Gasteiger charge is 2.17. The molecular formula is C31H32N4O5. The predicted octanol–water partition coefficient (Wildman–Crippen LogP) is 5.11. The van der Waals surface area contributed by atoms with Gasteiger partial charge < -0.3 is 18.8 Å². The fraction of sp³-hybridized carbons (Fsp3) is 0.290. The summed E-state index contributed by atoms with van der Waals surface area (Å²) < 4.78 is 15.1. The van der Waals surface area contributed by atoms with Gasteiger partial charge in [-0.05, 0) is 41.8 Å². The van der Waals surface area contributed by atoms with Crippen LogP contribution in [0.15, 0.2) is 77.3 Å². The van der Waals surface area contributed by atoms with Crippen molar-refractivity contribution in [1.29, 1.82) is 0 Å². The van der Waals surface area contributed by atoms with Crippen molar-refractivity contribution in [3.63, 3.8) is 0 Å². The van der Waals surface area contributed by atoms with Crippen LogP contribution in [0.4, 0.5) is 4.79 Å². The molecule has 5 rings (SSSR count). The molecule has 2 aromatic heterocycles. The quantitative estimate of drug-likeness (QED) is 0.212. The van der Waals surface area contributed by atoms with E-state index in [1.165, 1.54) is 30.5 Å². The van der Waals surface area contributed by atoms with Crippen LogP contribution in [-0.4, -0.2) is 72.0 Å². The number of benzene rings is 2. The summed E-state index contributed by atoms with van der Waals surface area (Å²) in [5.41, 5.74) is 5.09. The number of hydrogen-bond donors (Lipinski definition) is 0. The van der Waals surface area contributed by atoms with E-state index in [4.69, 9.17) is 9.15 Å². The molecule has 0 aliphatic carbocycles. The average Bonchev–Trinajstić information content (AvgIpc) is 3.49. The van der Waals surface area contributed by atoms with Crippen molar-refractivity contribution in [2.45, 2.75) is 19.4 Å². The number of piperazine rings is 1. The molecule has 40 heavy (non-hydrogen) atoms. The van der Waals surface area contributed by atoms with E-state index in [1.807, 2.05) is 0 Å². The lowest BCUT2D eigenvalue weighted by Gasteiger charge is -2.32. The summed E-state index contributed by atoms with van der Waals surface area (Å²) in [5.74, 6) is 0.175. The van der Waals surface area contributed by atoms with Gasteiger partial charge in [0.25, 0.3) is 5.89 Å². The molecule has 0 saturated carbocycles. The summed E-state index contributed by atoms with van der Waals surface area (Å²) in [5, 5.41) is 0. The van der Waals surface area contributed by atoms with Gasteiger partial charge in [-0.1, -0.05) is 54.6 Å². The Labute approximate surface area is 233 Å². The number of Topliss-reactive ketones (excluding diaryl/α,β-unsaturated/α-hetero) is 1. The number of hydrogen-bond acceptors (Lipinski definition) is 9. The van der Waals surface area contributed by atoms with Crippen molar-refractivity contribution >= 4 is 11.9 Å². The number of oxazole rings is 1. The summed E-state index contributed by atoms with van der Waals surface area (Å²) in [7, 11) is 3.39. The molecular weight excluding hydrogens is 508 g/mol. The zero-order chi connectivity index (χ0) is 27.9. The molecule has 0 unspecified atom stereocenters. The van der Waals surface area contributed by atoms with E-state index in [0.717, 1.165) is 43.9 Å². The molecule has 0 spiro atoms. The standard InChI is InChI=1S/C31H32N4O5/c1-34-16-18-35(19-17-34)21-23-8-13-25(14-9-23)24-11-6-22(7-12-24)10-15-27(36)30-32-20-28(39-30)26-4-3-5-29(33-26)40-31(37)38-2/h3-9,11-14,20H,10,15-19,21H2,1-2H3. The van der Waals surface area contributed by atoms with Crippen molar-refractivity contribution in [3.8, 4) is 28.5 Å². The molecule has 1 aliphatic heterocycles. The van der Waals surface area contributed by atoms with Crippen molar-refractivity contribution < 1.29 is 23.5 Å². The molecule has 3 heterocycles. The zero-order valence-corrected chi connectivity index (χ0v) is 22.7. The third kappa shape index (κ3) is 6.99. The van der Waals surface area contributed by atoms with Crippen LogP contribution in [0.2, 0.25) is 0 Å². The Morgan fingerprint density at radius 1 is 0.900 bits per heavy atom. The van der Waals surface area contributed by atoms with Crippen LogP contribution in [0.5, 0.6) is 5.88 Å². The van der Waals surface area contributed by atoms with Crippen LogP contribution in [0.3, 0.4) is 0 Å². The first-order valence-corrected chi connectivity index (χ1v) is 13.3. The van der Waals surface area contributed by atoms with Gasteiger partial charge in [0.05, 0.1) is 13.3 Å². The number of rotatable bonds is 9. The second-order valence-corrected chi connectivity index (χ2v) is 9.84. The van der Waals surface area contributed by atoms with Gasteiger partial charge in [-0.2, -0.15) is 0 Å². The zero-order valence-electron chi connectivity index (χ0n) is 22.7. The van der Waals surface area contributed by atoms with Gasteiger partial charge in [-0.3, -0.25) is 9.69 Å². The topological polar surface area (TPSA) is 98.0 Å². The fourth-order valence-corrected chi connectivity index (χ4v) is 4.55. The highest BCUT2D eigenvalue weighted by Crippen LogP contribution is 2.24. The Morgan fingerprint density at radius 2 is 1.57 bits per heavy atom. The molecule has 0 bridgehead atoms. The SMILES string of the molecule is COC(=O)Oc1cccc(-c2cnc(C(=O)CCc3ccc(-c4ccc(CN5CCN(C)CC5)cc4)cc3)o2)n1. The monoisotopic (exact) mass is 540 g/mol. The number of carbonyl (C=O) groups excluding carboxylic acids is 2. The smallest absolute Gasteiger partial charge is 0.437 e. The summed E-state index contributed by atoms with van der Waals surface area (Å²) in [6, 6.07) is 21.9. The van der Waals surface area contributed by atoms with Gasteiger partial charge in [-0.25, -0.2) is 14.8 Å². The van der Waals surface area contributed by atoms with Crippen molar-refractivity contribution in [3.05, 3.63) is 89.9 Å². The number of ether oxygens (including phenoxy) is 2. The Balaban J connectivity index is 1.14. The Kier molecular flexibility index (Phi) is 8.63. The molecule has 4 aromatic rings. The number of ketones is 1. The summed E-state index contributed by atoms with van der Waals surface area (Å²) in [6.07, 6.45) is 1.39. The highest BCUT2D eigenvalue weighted by molar-refractivity contribution is 5.92. The molecule has 0 atom stereocenters. The van der Waals surface area contributed by atoms with Gasteiger partial charge in [0.1, 0.15) is 5.69 Å². The average molecular weight is 541 g/mol. The molecule has 206 valence electrons. The highest BCUT2D eigenvalue weighted by atomic mass is 16.7. The Morgan fingerprint density at radius 3 is 2.25 bits per heavy atom. The lowest BCUT2D eigenvalue weighted by molar-refractivity contribution is 0.0950. The minimum Gasteiger partial charge on any atom is -0.437 e. The molecule has 2 aromatic carbocycles. The molecule has 0 radical (unpaired) electrons. The second kappa shape index (κ2) is 12.7. The molecule has 9 heteroatoms. The second-order valence-electron chi connectivity index (χ2n) is 9.84. The molecule has 0 N–H and O–H groups in total. The van der Waals surface area contributed by atoms with Crippen molar-refractivity contribution in [1.82, 2.24) is 19.8 Å². The predicted molar refractivity (Wildman–Crippen MR) is 150 cm³/mol. The van der Waals surface area contributed by atoms with Crippen LogP contribution in [-0.2, 0) is 17.7 Å². The molecule has 1 saturated heterocycles. The molecule has 0 amide bonds. The number of aromatic nitrogens is 2. The van der Waals surface area contributed by atoms with E-state index < -0.39 is 6.16 Å². The summed E-state index contributed by atoms with van der Waals surface area (Å²) in [4.78, 5) is 37.2. The molecule has 1 fully saturated rings. The maximum Gasteiger partial charge on any atom is 0.514 e. The molecule has 1 aliphatic rings. The molecule has 9 nitrogen and oxygen atoms in total. The van der Waals surface area contributed by atoms with Crippen molar-refractivity contribution in [2.24, 2.45) is 0 Å². The van der Waals surface area contributed by atoms with E-state index in [1.54, 1.807) is 12.1 Å². The summed E-state index contributed by atoms with van der Waals surface area (Å²) >= 11 is 0. The van der Waals surface area contributed by atoms with E-state index in [-0.39, 0.29) is 24.0 Å². The van der Waals surface area contributed by atoms with Crippen LogP contribution in [0, 0.1) is 0 Å². The van der Waals surface area contributed by atoms with E-state index in [0.29, 0.717) is 17.9 Å². The lowest BCUT2D eigenvalue weighted by Crippen LogP contribution is -2.43. The first kappa shape index (κ1) is 27.2.